The molecule has 2 N–H and O–H groups in total. The van der Waals surface area contributed by atoms with Crippen LogP contribution < -0.4 is 5.73 Å². The second-order valence-electron chi connectivity index (χ2n) is 4.35. The smallest absolute Gasteiger partial charge is 0.160 e. The first-order valence-corrected chi connectivity index (χ1v) is 6.42. The van der Waals surface area contributed by atoms with Gasteiger partial charge in [0, 0.05) is 24.2 Å². The Morgan fingerprint density at radius 2 is 1.95 bits per heavy atom. The largest absolute Gasteiger partial charge is 0.326 e. The summed E-state index contributed by atoms with van der Waals surface area (Å²) in [4.78, 5) is 0. The Morgan fingerprint density at radius 3 is 2.74 bits per heavy atom. The molecule has 1 aromatic carbocycles. The summed E-state index contributed by atoms with van der Waals surface area (Å²) in [5, 5.41) is 9.11. The number of hydrogen-bond acceptors (Lipinski definition) is 3. The Morgan fingerprint density at radius 1 is 1.11 bits per heavy atom. The lowest BCUT2D eigenvalue weighted by Gasteiger charge is -2.04. The molecule has 0 unspecified atom stereocenters. The van der Waals surface area contributed by atoms with Crippen LogP contribution in [0.15, 0.2) is 42.6 Å². The number of fused-ring (bicyclic) bond motifs is 1. The Bertz CT molecular complexity index is 720. The van der Waals surface area contributed by atoms with E-state index in [1.807, 2.05) is 47.0 Å². The average molecular weight is 273 g/mol. The molecular formula is C14H13ClN4. The van der Waals surface area contributed by atoms with Crippen LogP contribution in [0.4, 0.5) is 0 Å². The van der Waals surface area contributed by atoms with Crippen molar-refractivity contribution in [2.24, 2.45) is 5.73 Å². The highest BCUT2D eigenvalue weighted by Crippen LogP contribution is 2.18. The lowest BCUT2D eigenvalue weighted by atomic mass is 10.1. The van der Waals surface area contributed by atoms with Gasteiger partial charge in [-0.3, -0.25) is 4.40 Å². The van der Waals surface area contributed by atoms with Crippen molar-refractivity contribution < 1.29 is 0 Å². The van der Waals surface area contributed by atoms with Crippen LogP contribution in [0, 0.1) is 0 Å². The second kappa shape index (κ2) is 4.99. The minimum Gasteiger partial charge on any atom is -0.326 e. The quantitative estimate of drug-likeness (QED) is 0.797. The fraction of sp³-hybridized carbons (Fsp3) is 0.143. The van der Waals surface area contributed by atoms with Gasteiger partial charge in [-0.15, -0.1) is 10.2 Å². The van der Waals surface area contributed by atoms with Gasteiger partial charge in [0.05, 0.1) is 0 Å². The number of aromatic nitrogens is 3. The molecule has 0 aliphatic heterocycles. The molecule has 4 nitrogen and oxygen atoms in total. The van der Waals surface area contributed by atoms with E-state index in [1.54, 1.807) is 0 Å². The van der Waals surface area contributed by atoms with Crippen molar-refractivity contribution in [3.8, 4) is 0 Å². The second-order valence-corrected chi connectivity index (χ2v) is 4.76. The van der Waals surface area contributed by atoms with Gasteiger partial charge in [0.2, 0.25) is 0 Å². The van der Waals surface area contributed by atoms with E-state index in [0.29, 0.717) is 13.0 Å². The molecule has 0 saturated carbocycles. The minimum absolute atomic E-state index is 0.500. The summed E-state index contributed by atoms with van der Waals surface area (Å²) in [6.45, 7) is 0.500. The van der Waals surface area contributed by atoms with Gasteiger partial charge in [0.15, 0.2) is 5.65 Å². The summed E-state index contributed by atoms with van der Waals surface area (Å²) in [6, 6.07) is 11.6. The molecule has 2 heterocycles. The van der Waals surface area contributed by atoms with Crippen LogP contribution in [0.3, 0.4) is 0 Å². The van der Waals surface area contributed by atoms with Crippen LogP contribution >= 0.6 is 11.6 Å². The standard InChI is InChI=1S/C14H13ClN4/c15-12-4-2-1-3-11(12)7-14-18-17-13-6-5-10(8-16)9-19(13)14/h1-6,9H,7-8,16H2. The molecule has 96 valence electrons. The highest BCUT2D eigenvalue weighted by Gasteiger charge is 2.08. The van der Waals surface area contributed by atoms with Crippen molar-refractivity contribution in [3.05, 3.63) is 64.6 Å². The molecule has 0 fully saturated rings. The van der Waals surface area contributed by atoms with E-state index in [1.165, 1.54) is 0 Å². The molecule has 3 rings (SSSR count). The zero-order chi connectivity index (χ0) is 13.2. The number of pyridine rings is 1. The summed E-state index contributed by atoms with van der Waals surface area (Å²) in [5.41, 5.74) is 8.57. The molecule has 0 atom stereocenters. The molecule has 0 amide bonds. The maximum absolute atomic E-state index is 6.17. The Balaban J connectivity index is 2.03. The van der Waals surface area contributed by atoms with Gasteiger partial charge in [-0.05, 0) is 23.3 Å². The highest BCUT2D eigenvalue weighted by molar-refractivity contribution is 6.31. The fourth-order valence-electron chi connectivity index (χ4n) is 2.04. The maximum atomic E-state index is 6.17. The topological polar surface area (TPSA) is 56.2 Å². The zero-order valence-electron chi connectivity index (χ0n) is 10.3. The van der Waals surface area contributed by atoms with Crippen molar-refractivity contribution in [1.29, 1.82) is 0 Å². The Hall–Kier alpha value is -1.91. The number of rotatable bonds is 3. The number of nitrogens with two attached hydrogens (primary N) is 1. The van der Waals surface area contributed by atoms with E-state index in [4.69, 9.17) is 17.3 Å². The zero-order valence-corrected chi connectivity index (χ0v) is 11.0. The van der Waals surface area contributed by atoms with Crippen LogP contribution in [0.1, 0.15) is 17.0 Å². The molecule has 0 radical (unpaired) electrons. The van der Waals surface area contributed by atoms with Crippen molar-refractivity contribution in [2.75, 3.05) is 0 Å². The fourth-order valence-corrected chi connectivity index (χ4v) is 2.24. The average Bonchev–Trinajstić information content (AvgIpc) is 2.84. The van der Waals surface area contributed by atoms with E-state index in [-0.39, 0.29) is 0 Å². The van der Waals surface area contributed by atoms with Crippen LogP contribution in [0.2, 0.25) is 5.02 Å². The van der Waals surface area contributed by atoms with Crippen molar-refractivity contribution in [2.45, 2.75) is 13.0 Å². The van der Waals surface area contributed by atoms with Gasteiger partial charge in [0.25, 0.3) is 0 Å². The molecule has 5 heteroatoms. The van der Waals surface area contributed by atoms with Gasteiger partial charge in [-0.25, -0.2) is 0 Å². The number of benzene rings is 1. The van der Waals surface area contributed by atoms with Crippen LogP contribution in [-0.4, -0.2) is 14.6 Å². The van der Waals surface area contributed by atoms with Gasteiger partial charge in [-0.2, -0.15) is 0 Å². The first-order chi connectivity index (χ1) is 9.28. The van der Waals surface area contributed by atoms with Crippen molar-refractivity contribution in [3.63, 3.8) is 0 Å². The molecule has 0 spiro atoms. The molecule has 0 aliphatic carbocycles. The molecule has 3 aromatic rings. The monoisotopic (exact) mass is 272 g/mol. The first-order valence-electron chi connectivity index (χ1n) is 6.04. The van der Waals surface area contributed by atoms with E-state index in [9.17, 15) is 0 Å². The predicted molar refractivity (Wildman–Crippen MR) is 75.1 cm³/mol. The maximum Gasteiger partial charge on any atom is 0.160 e. The van der Waals surface area contributed by atoms with Gasteiger partial charge < -0.3 is 5.73 Å². The van der Waals surface area contributed by atoms with E-state index in [2.05, 4.69) is 10.2 Å². The van der Waals surface area contributed by atoms with Gasteiger partial charge in [-0.1, -0.05) is 35.9 Å². The van der Waals surface area contributed by atoms with Crippen LogP contribution in [0.25, 0.3) is 5.65 Å². The molecular weight excluding hydrogens is 260 g/mol. The van der Waals surface area contributed by atoms with E-state index >= 15 is 0 Å². The Kier molecular flexibility index (Phi) is 3.19. The summed E-state index contributed by atoms with van der Waals surface area (Å²) in [5.74, 6) is 0.860. The lowest BCUT2D eigenvalue weighted by Crippen LogP contribution is -2.01. The normalized spacial score (nSPS) is 11.1. The van der Waals surface area contributed by atoms with Crippen molar-refractivity contribution >= 4 is 17.2 Å². The molecule has 0 bridgehead atoms. The van der Waals surface area contributed by atoms with Crippen molar-refractivity contribution in [1.82, 2.24) is 14.6 Å². The third kappa shape index (κ3) is 2.32. The van der Waals surface area contributed by atoms with Gasteiger partial charge in [0.1, 0.15) is 5.82 Å². The number of halogens is 1. The van der Waals surface area contributed by atoms with Crippen LogP contribution in [-0.2, 0) is 13.0 Å². The molecule has 0 aliphatic rings. The number of hydrogen-bond donors (Lipinski definition) is 1. The summed E-state index contributed by atoms with van der Waals surface area (Å²) >= 11 is 6.17. The lowest BCUT2D eigenvalue weighted by molar-refractivity contribution is 0.922. The molecule has 19 heavy (non-hydrogen) atoms. The minimum atomic E-state index is 0.500. The van der Waals surface area contributed by atoms with Crippen LogP contribution in [0.5, 0.6) is 0 Å². The third-order valence-electron chi connectivity index (χ3n) is 3.08. The SMILES string of the molecule is NCc1ccc2nnc(Cc3ccccc3Cl)n2c1. The molecule has 0 saturated heterocycles. The highest BCUT2D eigenvalue weighted by atomic mass is 35.5. The van der Waals surface area contributed by atoms with E-state index in [0.717, 1.165) is 27.6 Å². The van der Waals surface area contributed by atoms with E-state index < -0.39 is 0 Å². The summed E-state index contributed by atoms with van der Waals surface area (Å²) < 4.78 is 1.96. The summed E-state index contributed by atoms with van der Waals surface area (Å²) in [7, 11) is 0. The molecule has 2 aromatic heterocycles. The van der Waals surface area contributed by atoms with Gasteiger partial charge >= 0.3 is 0 Å². The third-order valence-corrected chi connectivity index (χ3v) is 3.45. The Labute approximate surface area is 115 Å². The number of nitrogens with zero attached hydrogens (tertiary/aromatic N) is 3. The predicted octanol–water partition coefficient (Wildman–Crippen LogP) is 2.43. The summed E-state index contributed by atoms with van der Waals surface area (Å²) in [6.07, 6.45) is 2.62. The first kappa shape index (κ1) is 12.1.